The maximum atomic E-state index is 12.7. The third-order valence-corrected chi connectivity index (χ3v) is 4.05. The van der Waals surface area contributed by atoms with Crippen molar-refractivity contribution in [2.75, 3.05) is 0 Å². The maximum Gasteiger partial charge on any atom is 0.256 e. The minimum absolute atomic E-state index is 0.0599. The summed E-state index contributed by atoms with van der Waals surface area (Å²) in [6, 6.07) is 15.8. The highest BCUT2D eigenvalue weighted by molar-refractivity contribution is 5.92. The summed E-state index contributed by atoms with van der Waals surface area (Å²) >= 11 is 0. The van der Waals surface area contributed by atoms with E-state index in [0.29, 0.717) is 5.92 Å². The third kappa shape index (κ3) is 3.16. The van der Waals surface area contributed by atoms with Gasteiger partial charge in [0, 0.05) is 0 Å². The molecule has 0 bridgehead atoms. The molecule has 0 fully saturated rings. The van der Waals surface area contributed by atoms with Gasteiger partial charge >= 0.3 is 0 Å². The second-order valence-electron chi connectivity index (χ2n) is 6.39. The summed E-state index contributed by atoms with van der Waals surface area (Å²) in [5, 5.41) is 8.07. The van der Waals surface area contributed by atoms with Crippen molar-refractivity contribution in [1.29, 1.82) is 0 Å². The van der Waals surface area contributed by atoms with E-state index in [4.69, 9.17) is 0 Å². The average Bonchev–Trinajstić information content (AvgIpc) is 2.97. The molecule has 0 spiro atoms. The standard InChI is InChI=1S/C19H21N3O/c1-13(2)12-15-8-10-16(11-9-15)14(3)19(23)22-18-7-5-4-6-17(18)20-21-22/h4-11,13-14H,12H2,1-3H3/t14-/m0/s1. The van der Waals surface area contributed by atoms with E-state index in [-0.39, 0.29) is 11.8 Å². The molecule has 0 saturated carbocycles. The Morgan fingerprint density at radius 1 is 1.04 bits per heavy atom. The van der Waals surface area contributed by atoms with Gasteiger partial charge < -0.3 is 0 Å². The van der Waals surface area contributed by atoms with Gasteiger partial charge in [0.25, 0.3) is 5.91 Å². The molecule has 3 rings (SSSR count). The van der Waals surface area contributed by atoms with Gasteiger partial charge in [0.15, 0.2) is 0 Å². The molecular formula is C19H21N3O. The summed E-state index contributed by atoms with van der Waals surface area (Å²) in [6.07, 6.45) is 1.05. The van der Waals surface area contributed by atoms with Crippen LogP contribution in [0, 0.1) is 5.92 Å². The van der Waals surface area contributed by atoms with Gasteiger partial charge in [0.2, 0.25) is 0 Å². The van der Waals surface area contributed by atoms with E-state index in [0.717, 1.165) is 23.0 Å². The highest BCUT2D eigenvalue weighted by Crippen LogP contribution is 2.21. The number of carbonyl (C=O) groups excluding carboxylic acids is 1. The molecule has 0 amide bonds. The lowest BCUT2D eigenvalue weighted by Crippen LogP contribution is -2.19. The molecular weight excluding hydrogens is 286 g/mol. The van der Waals surface area contributed by atoms with Gasteiger partial charge in [-0.05, 0) is 42.5 Å². The lowest BCUT2D eigenvalue weighted by atomic mass is 9.96. The SMILES string of the molecule is CC(C)Cc1ccc([C@H](C)C(=O)n2nnc3ccccc32)cc1. The average molecular weight is 307 g/mol. The van der Waals surface area contributed by atoms with Crippen LogP contribution >= 0.6 is 0 Å². The zero-order valence-corrected chi connectivity index (χ0v) is 13.7. The van der Waals surface area contributed by atoms with Crippen LogP contribution < -0.4 is 0 Å². The molecule has 0 aliphatic heterocycles. The summed E-state index contributed by atoms with van der Waals surface area (Å²) in [7, 11) is 0. The van der Waals surface area contributed by atoms with Crippen molar-refractivity contribution < 1.29 is 4.79 Å². The van der Waals surface area contributed by atoms with Gasteiger partial charge in [0.1, 0.15) is 5.52 Å². The summed E-state index contributed by atoms with van der Waals surface area (Å²) in [4.78, 5) is 12.7. The van der Waals surface area contributed by atoms with Crippen LogP contribution in [0.15, 0.2) is 48.5 Å². The van der Waals surface area contributed by atoms with Crippen molar-refractivity contribution in [2.24, 2.45) is 5.92 Å². The fraction of sp³-hybridized carbons (Fsp3) is 0.316. The van der Waals surface area contributed by atoms with Crippen molar-refractivity contribution in [3.05, 3.63) is 59.7 Å². The number of nitrogens with zero attached hydrogens (tertiary/aromatic N) is 3. The van der Waals surface area contributed by atoms with Crippen LogP contribution in [0.2, 0.25) is 0 Å². The number of carbonyl (C=O) groups is 1. The van der Waals surface area contributed by atoms with E-state index >= 15 is 0 Å². The molecule has 4 heteroatoms. The van der Waals surface area contributed by atoms with Crippen molar-refractivity contribution in [2.45, 2.75) is 33.1 Å². The lowest BCUT2D eigenvalue weighted by Gasteiger charge is -2.12. The van der Waals surface area contributed by atoms with Gasteiger partial charge in [-0.2, -0.15) is 4.68 Å². The molecule has 23 heavy (non-hydrogen) atoms. The number of benzene rings is 2. The summed E-state index contributed by atoms with van der Waals surface area (Å²) in [5.41, 5.74) is 3.79. The quantitative estimate of drug-likeness (QED) is 0.730. The third-order valence-electron chi connectivity index (χ3n) is 4.05. The van der Waals surface area contributed by atoms with Crippen molar-refractivity contribution in [1.82, 2.24) is 15.0 Å². The fourth-order valence-electron chi connectivity index (χ4n) is 2.77. The number of para-hydroxylation sites is 1. The Bertz CT molecular complexity index is 818. The molecule has 4 nitrogen and oxygen atoms in total. The molecule has 0 radical (unpaired) electrons. The van der Waals surface area contributed by atoms with Crippen LogP contribution in [0.4, 0.5) is 0 Å². The molecule has 1 aromatic heterocycles. The molecule has 1 atom stereocenters. The molecule has 2 aromatic carbocycles. The molecule has 0 aliphatic carbocycles. The van der Waals surface area contributed by atoms with E-state index in [1.165, 1.54) is 10.2 Å². The number of rotatable bonds is 4. The summed E-state index contributed by atoms with van der Waals surface area (Å²) in [5.74, 6) is 0.310. The zero-order valence-electron chi connectivity index (χ0n) is 13.7. The van der Waals surface area contributed by atoms with E-state index in [2.05, 4.69) is 36.3 Å². The predicted molar refractivity (Wildman–Crippen MR) is 91.6 cm³/mol. The Kier molecular flexibility index (Phi) is 4.24. The largest absolute Gasteiger partial charge is 0.272 e. The first kappa shape index (κ1) is 15.4. The normalized spacial score (nSPS) is 12.7. The highest BCUT2D eigenvalue weighted by atomic mass is 16.2. The number of fused-ring (bicyclic) bond motifs is 1. The van der Waals surface area contributed by atoms with Gasteiger partial charge in [-0.1, -0.05) is 55.5 Å². The van der Waals surface area contributed by atoms with Crippen LogP contribution in [-0.4, -0.2) is 20.9 Å². The van der Waals surface area contributed by atoms with Crippen LogP contribution in [0.3, 0.4) is 0 Å². The zero-order chi connectivity index (χ0) is 16.4. The van der Waals surface area contributed by atoms with E-state index in [1.54, 1.807) is 0 Å². The maximum absolute atomic E-state index is 12.7. The summed E-state index contributed by atoms with van der Waals surface area (Å²) < 4.78 is 1.40. The van der Waals surface area contributed by atoms with E-state index in [9.17, 15) is 4.79 Å². The Balaban J connectivity index is 1.84. The molecule has 1 heterocycles. The number of hydrogen-bond acceptors (Lipinski definition) is 3. The molecule has 118 valence electrons. The Morgan fingerprint density at radius 2 is 1.74 bits per heavy atom. The molecule has 0 N–H and O–H groups in total. The van der Waals surface area contributed by atoms with Crippen molar-refractivity contribution in [3.63, 3.8) is 0 Å². The van der Waals surface area contributed by atoms with Gasteiger partial charge in [0.05, 0.1) is 11.4 Å². The van der Waals surface area contributed by atoms with Gasteiger partial charge in [-0.25, -0.2) is 0 Å². The highest BCUT2D eigenvalue weighted by Gasteiger charge is 2.20. The number of aromatic nitrogens is 3. The molecule has 3 aromatic rings. The van der Waals surface area contributed by atoms with Gasteiger partial charge in [-0.15, -0.1) is 5.10 Å². The smallest absolute Gasteiger partial charge is 0.256 e. The minimum Gasteiger partial charge on any atom is -0.272 e. The fourth-order valence-corrected chi connectivity index (χ4v) is 2.77. The Labute approximate surface area is 136 Å². The predicted octanol–water partition coefficient (Wildman–Crippen LogP) is 4.07. The minimum atomic E-state index is -0.256. The summed E-state index contributed by atoms with van der Waals surface area (Å²) in [6.45, 7) is 6.32. The second kappa shape index (κ2) is 6.32. The first-order chi connectivity index (χ1) is 11.1. The first-order valence-electron chi connectivity index (χ1n) is 7.99. The topological polar surface area (TPSA) is 47.8 Å². The van der Waals surface area contributed by atoms with Crippen LogP contribution in [0.1, 0.15) is 42.6 Å². The van der Waals surface area contributed by atoms with Crippen LogP contribution in [0.25, 0.3) is 11.0 Å². The van der Waals surface area contributed by atoms with Crippen molar-refractivity contribution in [3.8, 4) is 0 Å². The van der Waals surface area contributed by atoms with Crippen molar-refractivity contribution >= 4 is 16.9 Å². The molecule has 0 saturated heterocycles. The monoisotopic (exact) mass is 307 g/mol. The second-order valence-corrected chi connectivity index (χ2v) is 6.39. The van der Waals surface area contributed by atoms with Crippen LogP contribution in [0.5, 0.6) is 0 Å². The first-order valence-corrected chi connectivity index (χ1v) is 7.99. The van der Waals surface area contributed by atoms with E-state index < -0.39 is 0 Å². The molecule has 0 unspecified atom stereocenters. The lowest BCUT2D eigenvalue weighted by molar-refractivity contribution is 0.0871. The Hall–Kier alpha value is -2.49. The van der Waals surface area contributed by atoms with Crippen LogP contribution in [-0.2, 0) is 6.42 Å². The number of hydrogen-bond donors (Lipinski definition) is 0. The van der Waals surface area contributed by atoms with E-state index in [1.807, 2.05) is 43.3 Å². The molecule has 0 aliphatic rings. The Morgan fingerprint density at radius 3 is 2.43 bits per heavy atom. The van der Waals surface area contributed by atoms with Gasteiger partial charge in [-0.3, -0.25) is 4.79 Å².